The average molecular weight is 649 g/mol. The highest BCUT2D eigenvalue weighted by atomic mass is 35.5. The largest absolute Gasteiger partial charge is 0.354 e. The van der Waals surface area contributed by atoms with Gasteiger partial charge in [-0.3, -0.25) is 19.3 Å². The molecule has 1 saturated heterocycles. The molecule has 47 heavy (non-hydrogen) atoms. The summed E-state index contributed by atoms with van der Waals surface area (Å²) >= 11 is 6.23. The van der Waals surface area contributed by atoms with E-state index in [1.807, 2.05) is 72.8 Å². The Kier molecular flexibility index (Phi) is 9.68. The van der Waals surface area contributed by atoms with Crippen LogP contribution in [-0.2, 0) is 16.1 Å². The van der Waals surface area contributed by atoms with E-state index in [4.69, 9.17) is 11.6 Å². The quantitative estimate of drug-likeness (QED) is 0.210. The Morgan fingerprint density at radius 1 is 0.872 bits per heavy atom. The van der Waals surface area contributed by atoms with Gasteiger partial charge in [0, 0.05) is 67.3 Å². The molecule has 10 heteroatoms. The van der Waals surface area contributed by atoms with Gasteiger partial charge >= 0.3 is 0 Å². The van der Waals surface area contributed by atoms with E-state index in [9.17, 15) is 14.4 Å². The summed E-state index contributed by atoms with van der Waals surface area (Å²) in [6.07, 6.45) is 0. The van der Waals surface area contributed by atoms with E-state index in [1.165, 1.54) is 0 Å². The lowest BCUT2D eigenvalue weighted by atomic mass is 9.99. The number of halogens is 1. The van der Waals surface area contributed by atoms with Crippen LogP contribution in [0.1, 0.15) is 27.0 Å². The molecule has 2 aliphatic heterocycles. The van der Waals surface area contributed by atoms with E-state index in [2.05, 4.69) is 32.8 Å². The fraction of sp³-hybridized carbons (Fsp3) is 0.216. The first-order valence-electron chi connectivity index (χ1n) is 15.6. The SMILES string of the molecule is CN1CCN(CC(=O)N(C)c2ccc(N/C(=C3\C(=O)Nc4cc(Cl)ccc43)c3ccc(CNC(=O)c4ccccc4)cc3)cc2)CC1. The Labute approximate surface area is 279 Å². The number of fused-ring (bicyclic) bond motifs is 1. The number of benzene rings is 4. The molecular formula is C37H37ClN6O3. The summed E-state index contributed by atoms with van der Waals surface area (Å²) in [5.74, 6) is -0.349. The van der Waals surface area contributed by atoms with Crippen LogP contribution in [0.5, 0.6) is 0 Å². The summed E-state index contributed by atoms with van der Waals surface area (Å²) in [5, 5.41) is 9.90. The van der Waals surface area contributed by atoms with Crippen LogP contribution in [0.4, 0.5) is 17.1 Å². The lowest BCUT2D eigenvalue weighted by molar-refractivity contribution is -0.119. The molecule has 0 saturated carbocycles. The third-order valence-electron chi connectivity index (χ3n) is 8.56. The summed E-state index contributed by atoms with van der Waals surface area (Å²) in [6, 6.07) is 29.7. The maximum atomic E-state index is 13.4. The van der Waals surface area contributed by atoms with E-state index < -0.39 is 0 Å². The van der Waals surface area contributed by atoms with Gasteiger partial charge in [0.25, 0.3) is 11.8 Å². The van der Waals surface area contributed by atoms with Crippen molar-refractivity contribution < 1.29 is 14.4 Å². The van der Waals surface area contributed by atoms with Crippen molar-refractivity contribution >= 4 is 57.7 Å². The fourth-order valence-corrected chi connectivity index (χ4v) is 5.87. The van der Waals surface area contributed by atoms with E-state index in [1.54, 1.807) is 36.2 Å². The first-order valence-corrected chi connectivity index (χ1v) is 16.0. The highest BCUT2D eigenvalue weighted by molar-refractivity contribution is 6.38. The van der Waals surface area contributed by atoms with Crippen LogP contribution in [-0.4, -0.2) is 74.3 Å². The number of piperazine rings is 1. The van der Waals surface area contributed by atoms with Crippen molar-refractivity contribution in [2.45, 2.75) is 6.54 Å². The van der Waals surface area contributed by atoms with Crippen LogP contribution >= 0.6 is 11.6 Å². The van der Waals surface area contributed by atoms with Gasteiger partial charge in [-0.2, -0.15) is 0 Å². The molecule has 4 aromatic carbocycles. The molecule has 0 spiro atoms. The number of hydrogen-bond donors (Lipinski definition) is 3. The first kappa shape index (κ1) is 32.0. The smallest absolute Gasteiger partial charge is 0.258 e. The summed E-state index contributed by atoms with van der Waals surface area (Å²) in [6.45, 7) is 4.41. The van der Waals surface area contributed by atoms with Gasteiger partial charge in [0.15, 0.2) is 0 Å². The summed E-state index contributed by atoms with van der Waals surface area (Å²) in [7, 11) is 3.89. The summed E-state index contributed by atoms with van der Waals surface area (Å²) in [5.41, 5.74) is 6.34. The van der Waals surface area contributed by atoms with Crippen molar-refractivity contribution in [3.63, 3.8) is 0 Å². The van der Waals surface area contributed by atoms with E-state index in [0.717, 1.165) is 54.2 Å². The van der Waals surface area contributed by atoms with Crippen molar-refractivity contribution in [2.24, 2.45) is 0 Å². The molecule has 1 fully saturated rings. The van der Waals surface area contributed by atoms with Crippen molar-refractivity contribution in [3.8, 4) is 0 Å². The zero-order chi connectivity index (χ0) is 32.9. The minimum Gasteiger partial charge on any atom is -0.354 e. The maximum absolute atomic E-state index is 13.4. The second-order valence-electron chi connectivity index (χ2n) is 11.8. The summed E-state index contributed by atoms with van der Waals surface area (Å²) in [4.78, 5) is 45.1. The monoisotopic (exact) mass is 648 g/mol. The number of nitrogens with one attached hydrogen (secondary N) is 3. The Bertz CT molecular complexity index is 1800. The number of amides is 3. The van der Waals surface area contributed by atoms with Crippen LogP contribution in [0.15, 0.2) is 97.1 Å². The molecule has 3 amide bonds. The van der Waals surface area contributed by atoms with Gasteiger partial charge in [-0.15, -0.1) is 0 Å². The number of likely N-dealkylation sites (N-methyl/N-ethyl adjacent to an activating group) is 2. The third-order valence-corrected chi connectivity index (χ3v) is 8.80. The Morgan fingerprint density at radius 3 is 2.28 bits per heavy atom. The lowest BCUT2D eigenvalue weighted by Gasteiger charge is -2.32. The molecule has 3 N–H and O–H groups in total. The molecule has 0 aliphatic carbocycles. The van der Waals surface area contributed by atoms with Crippen LogP contribution in [0.25, 0.3) is 11.3 Å². The molecule has 0 radical (unpaired) electrons. The second kappa shape index (κ2) is 14.2. The Morgan fingerprint density at radius 2 is 1.57 bits per heavy atom. The topological polar surface area (TPSA) is 97.0 Å². The lowest BCUT2D eigenvalue weighted by Crippen LogP contribution is -2.48. The molecule has 6 rings (SSSR count). The first-order chi connectivity index (χ1) is 22.7. The predicted octanol–water partition coefficient (Wildman–Crippen LogP) is 5.41. The van der Waals surface area contributed by atoms with Crippen molar-refractivity contribution in [3.05, 3.63) is 124 Å². The predicted molar refractivity (Wildman–Crippen MR) is 188 cm³/mol. The third kappa shape index (κ3) is 7.55. The zero-order valence-electron chi connectivity index (χ0n) is 26.4. The van der Waals surface area contributed by atoms with E-state index in [-0.39, 0.29) is 17.7 Å². The average Bonchev–Trinajstić information content (AvgIpc) is 3.41. The summed E-state index contributed by atoms with van der Waals surface area (Å²) < 4.78 is 0. The minimum atomic E-state index is -0.241. The number of rotatable bonds is 9. The molecule has 0 atom stereocenters. The maximum Gasteiger partial charge on any atom is 0.258 e. The van der Waals surface area contributed by atoms with Crippen LogP contribution in [0, 0.1) is 0 Å². The van der Waals surface area contributed by atoms with E-state index >= 15 is 0 Å². The molecular weight excluding hydrogens is 612 g/mol. The van der Waals surface area contributed by atoms with Crippen molar-refractivity contribution in [1.29, 1.82) is 0 Å². The van der Waals surface area contributed by atoms with Crippen LogP contribution in [0.3, 0.4) is 0 Å². The normalized spacial score (nSPS) is 15.9. The van der Waals surface area contributed by atoms with Gasteiger partial charge in [-0.05, 0) is 66.7 Å². The van der Waals surface area contributed by atoms with Crippen molar-refractivity contribution in [2.75, 3.05) is 62.4 Å². The van der Waals surface area contributed by atoms with Crippen LogP contribution < -0.4 is 20.9 Å². The molecule has 4 aromatic rings. The van der Waals surface area contributed by atoms with Gasteiger partial charge in [0.05, 0.1) is 23.5 Å². The number of anilines is 3. The molecule has 2 aliphatic rings. The van der Waals surface area contributed by atoms with Gasteiger partial charge < -0.3 is 25.8 Å². The minimum absolute atomic E-state index is 0.0380. The van der Waals surface area contributed by atoms with Gasteiger partial charge in [0.2, 0.25) is 5.91 Å². The number of carbonyl (C=O) groups excluding carboxylic acids is 3. The highest BCUT2D eigenvalue weighted by Gasteiger charge is 2.29. The Balaban J connectivity index is 1.22. The zero-order valence-corrected chi connectivity index (χ0v) is 27.2. The van der Waals surface area contributed by atoms with Crippen LogP contribution in [0.2, 0.25) is 5.02 Å². The number of carbonyl (C=O) groups is 3. The Hall–Kier alpha value is -4.96. The number of nitrogens with zero attached hydrogens (tertiary/aromatic N) is 3. The number of hydrogen-bond acceptors (Lipinski definition) is 6. The van der Waals surface area contributed by atoms with Gasteiger partial charge in [-0.25, -0.2) is 0 Å². The molecule has 9 nitrogen and oxygen atoms in total. The molecule has 0 unspecified atom stereocenters. The highest BCUT2D eigenvalue weighted by Crippen LogP contribution is 2.39. The van der Waals surface area contributed by atoms with E-state index in [0.29, 0.717) is 40.6 Å². The van der Waals surface area contributed by atoms with Gasteiger partial charge in [-0.1, -0.05) is 60.1 Å². The van der Waals surface area contributed by atoms with Crippen molar-refractivity contribution in [1.82, 2.24) is 15.1 Å². The van der Waals surface area contributed by atoms with Gasteiger partial charge in [0.1, 0.15) is 0 Å². The fourth-order valence-electron chi connectivity index (χ4n) is 5.70. The second-order valence-corrected chi connectivity index (χ2v) is 12.3. The molecule has 0 bridgehead atoms. The molecule has 0 aromatic heterocycles. The standard InChI is InChI=1S/C37H37ClN6O3/c1-42-18-20-44(21-19-42)24-33(45)43(2)30-15-13-29(14-16-30)40-35(34-31-17-12-28(38)22-32(31)41-37(34)47)26-10-8-25(9-11-26)23-39-36(46)27-6-4-3-5-7-27/h3-17,22,40H,18-21,23-24H2,1-2H3,(H,39,46)(H,41,47)/b35-34-. The molecule has 2 heterocycles. The molecule has 240 valence electrons.